The lowest BCUT2D eigenvalue weighted by Crippen LogP contribution is -2.37. The molecule has 1 amide bonds. The molecule has 0 aromatic carbocycles. The molecule has 2 N–H and O–H groups in total. The molecule has 0 aromatic rings. The van der Waals surface area contributed by atoms with Crippen LogP contribution in [0.4, 0.5) is 4.79 Å². The van der Waals surface area contributed by atoms with Crippen molar-refractivity contribution in [2.75, 3.05) is 20.3 Å². The summed E-state index contributed by atoms with van der Waals surface area (Å²) in [6, 6.07) is -0.192. The maximum absolute atomic E-state index is 10.6. The van der Waals surface area contributed by atoms with Crippen LogP contribution in [-0.2, 0) is 4.74 Å². The van der Waals surface area contributed by atoms with E-state index >= 15 is 0 Å². The number of rotatable bonds is 2. The number of methoxy groups -OCH3 is 1. The molecule has 0 spiro atoms. The maximum atomic E-state index is 10.6. The second-order valence-corrected chi connectivity index (χ2v) is 2.93. The van der Waals surface area contributed by atoms with Crippen LogP contribution in [0.5, 0.6) is 0 Å². The maximum Gasteiger partial charge on any atom is 0.407 e. The fourth-order valence-electron chi connectivity index (χ4n) is 1.48. The van der Waals surface area contributed by atoms with Gasteiger partial charge in [-0.3, -0.25) is 0 Å². The Kier molecular flexibility index (Phi) is 2.88. The predicted octanol–water partition coefficient (Wildman–Crippen LogP) is -0.254. The highest BCUT2D eigenvalue weighted by Crippen LogP contribution is 2.17. The zero-order valence-corrected chi connectivity index (χ0v) is 6.93. The van der Waals surface area contributed by atoms with Gasteiger partial charge in [-0.25, -0.2) is 4.79 Å². The van der Waals surface area contributed by atoms with Gasteiger partial charge in [0.05, 0.1) is 25.3 Å². The fraction of sp³-hybridized carbons (Fsp3) is 0.857. The Balaban J connectivity index is 2.53. The molecule has 5 nitrogen and oxygen atoms in total. The van der Waals surface area contributed by atoms with Crippen molar-refractivity contribution in [2.24, 2.45) is 0 Å². The molecule has 2 atom stereocenters. The molecular formula is C7H13NO4. The summed E-state index contributed by atoms with van der Waals surface area (Å²) >= 11 is 0. The highest BCUT2D eigenvalue weighted by molar-refractivity contribution is 5.66. The van der Waals surface area contributed by atoms with Gasteiger partial charge in [-0.1, -0.05) is 0 Å². The van der Waals surface area contributed by atoms with Crippen LogP contribution in [0.1, 0.15) is 6.42 Å². The molecule has 0 radical (unpaired) electrons. The number of aliphatic hydroxyl groups is 1. The van der Waals surface area contributed by atoms with Gasteiger partial charge in [0.2, 0.25) is 0 Å². The Bertz CT molecular complexity index is 173. The van der Waals surface area contributed by atoms with Gasteiger partial charge in [-0.15, -0.1) is 0 Å². The molecule has 0 unspecified atom stereocenters. The molecule has 0 aliphatic carbocycles. The molecule has 1 aliphatic rings. The Morgan fingerprint density at radius 1 is 1.75 bits per heavy atom. The van der Waals surface area contributed by atoms with Crippen LogP contribution in [0, 0.1) is 0 Å². The van der Waals surface area contributed by atoms with Crippen LogP contribution in [0.2, 0.25) is 0 Å². The van der Waals surface area contributed by atoms with Crippen LogP contribution in [-0.4, -0.2) is 53.6 Å². The van der Waals surface area contributed by atoms with E-state index in [2.05, 4.69) is 0 Å². The van der Waals surface area contributed by atoms with E-state index in [1.807, 2.05) is 0 Å². The monoisotopic (exact) mass is 175 g/mol. The smallest absolute Gasteiger partial charge is 0.407 e. The molecule has 1 fully saturated rings. The molecule has 70 valence electrons. The normalized spacial score (nSPS) is 29.3. The van der Waals surface area contributed by atoms with Crippen LogP contribution < -0.4 is 0 Å². The fourth-order valence-corrected chi connectivity index (χ4v) is 1.48. The van der Waals surface area contributed by atoms with Crippen molar-refractivity contribution >= 4 is 6.09 Å². The van der Waals surface area contributed by atoms with E-state index in [1.54, 1.807) is 0 Å². The molecular weight excluding hydrogens is 162 g/mol. The average molecular weight is 175 g/mol. The summed E-state index contributed by atoms with van der Waals surface area (Å²) in [6.45, 7) is 0.548. The van der Waals surface area contributed by atoms with E-state index < -0.39 is 12.2 Å². The molecule has 0 aromatic heterocycles. The van der Waals surface area contributed by atoms with E-state index in [-0.39, 0.29) is 12.6 Å². The molecule has 0 bridgehead atoms. The zero-order chi connectivity index (χ0) is 9.14. The first-order valence-electron chi connectivity index (χ1n) is 3.81. The first-order chi connectivity index (χ1) is 5.65. The standard InChI is InChI=1S/C7H13NO4/c1-12-4-5-2-6(9)3-8(5)7(10)11/h5-6,9H,2-4H2,1H3,(H,10,11)/t5-,6-/m1/s1. The Labute approximate surface area is 70.5 Å². The van der Waals surface area contributed by atoms with E-state index in [0.717, 1.165) is 0 Å². The SMILES string of the molecule is COC[C@H]1C[C@@H](O)CN1C(=O)O. The quantitative estimate of drug-likeness (QED) is 0.607. The molecule has 1 aliphatic heterocycles. The summed E-state index contributed by atoms with van der Waals surface area (Å²) in [6.07, 6.45) is -1.06. The highest BCUT2D eigenvalue weighted by Gasteiger charge is 2.33. The summed E-state index contributed by atoms with van der Waals surface area (Å²) in [5, 5.41) is 17.9. The number of likely N-dealkylation sites (tertiary alicyclic amines) is 1. The van der Waals surface area contributed by atoms with Crippen LogP contribution in [0.15, 0.2) is 0 Å². The summed E-state index contributed by atoms with van der Waals surface area (Å²) in [5.41, 5.74) is 0. The van der Waals surface area contributed by atoms with Crippen molar-refractivity contribution in [3.05, 3.63) is 0 Å². The van der Waals surface area contributed by atoms with Crippen molar-refractivity contribution in [3.63, 3.8) is 0 Å². The molecule has 5 heteroatoms. The summed E-state index contributed by atoms with van der Waals surface area (Å²) in [4.78, 5) is 11.8. The van der Waals surface area contributed by atoms with E-state index in [1.165, 1.54) is 12.0 Å². The third kappa shape index (κ3) is 1.86. The topological polar surface area (TPSA) is 70.0 Å². The van der Waals surface area contributed by atoms with Crippen molar-refractivity contribution in [1.82, 2.24) is 4.90 Å². The van der Waals surface area contributed by atoms with Crippen molar-refractivity contribution in [2.45, 2.75) is 18.6 Å². The number of hydrogen-bond donors (Lipinski definition) is 2. The lowest BCUT2D eigenvalue weighted by Gasteiger charge is -2.19. The zero-order valence-electron chi connectivity index (χ0n) is 6.93. The van der Waals surface area contributed by atoms with Crippen molar-refractivity contribution in [3.8, 4) is 0 Å². The first kappa shape index (κ1) is 9.28. The second-order valence-electron chi connectivity index (χ2n) is 2.93. The Morgan fingerprint density at radius 2 is 2.42 bits per heavy atom. The molecule has 1 saturated heterocycles. The predicted molar refractivity (Wildman–Crippen MR) is 41.0 cm³/mol. The minimum absolute atomic E-state index is 0.192. The third-order valence-corrected chi connectivity index (χ3v) is 2.00. The molecule has 1 heterocycles. The second kappa shape index (κ2) is 3.73. The summed E-state index contributed by atoms with van der Waals surface area (Å²) in [5.74, 6) is 0. The number of carbonyl (C=O) groups is 1. The summed E-state index contributed by atoms with van der Waals surface area (Å²) < 4.78 is 4.84. The van der Waals surface area contributed by atoms with Gasteiger partial charge in [-0.2, -0.15) is 0 Å². The number of ether oxygens (including phenoxy) is 1. The van der Waals surface area contributed by atoms with Crippen molar-refractivity contribution < 1.29 is 19.7 Å². The van der Waals surface area contributed by atoms with Gasteiger partial charge < -0.3 is 19.8 Å². The number of hydrogen-bond acceptors (Lipinski definition) is 3. The lowest BCUT2D eigenvalue weighted by atomic mass is 10.2. The van der Waals surface area contributed by atoms with Gasteiger partial charge in [-0.05, 0) is 6.42 Å². The molecule has 12 heavy (non-hydrogen) atoms. The minimum atomic E-state index is -0.992. The minimum Gasteiger partial charge on any atom is -0.465 e. The van der Waals surface area contributed by atoms with E-state index in [0.29, 0.717) is 13.0 Å². The van der Waals surface area contributed by atoms with E-state index in [9.17, 15) is 9.90 Å². The van der Waals surface area contributed by atoms with Gasteiger partial charge in [0.15, 0.2) is 0 Å². The van der Waals surface area contributed by atoms with Crippen LogP contribution in [0.3, 0.4) is 0 Å². The van der Waals surface area contributed by atoms with Gasteiger partial charge >= 0.3 is 6.09 Å². The Morgan fingerprint density at radius 3 is 2.92 bits per heavy atom. The van der Waals surface area contributed by atoms with Gasteiger partial charge in [0, 0.05) is 7.11 Å². The Hall–Kier alpha value is -0.810. The number of β-amino-alcohol motifs (C(OH)–C–C–N with tert-alkyl or cyclic N) is 1. The van der Waals surface area contributed by atoms with Gasteiger partial charge in [0.1, 0.15) is 0 Å². The number of carboxylic acid groups (broad SMARTS) is 1. The number of amides is 1. The number of aliphatic hydroxyl groups excluding tert-OH is 1. The number of nitrogens with zero attached hydrogens (tertiary/aromatic N) is 1. The highest BCUT2D eigenvalue weighted by atomic mass is 16.5. The van der Waals surface area contributed by atoms with Crippen LogP contribution in [0.25, 0.3) is 0 Å². The molecule has 1 rings (SSSR count). The van der Waals surface area contributed by atoms with Gasteiger partial charge in [0.25, 0.3) is 0 Å². The van der Waals surface area contributed by atoms with Crippen molar-refractivity contribution in [1.29, 1.82) is 0 Å². The first-order valence-corrected chi connectivity index (χ1v) is 3.81. The third-order valence-electron chi connectivity index (χ3n) is 2.00. The average Bonchev–Trinajstić information content (AvgIpc) is 2.32. The summed E-state index contributed by atoms with van der Waals surface area (Å²) in [7, 11) is 1.52. The lowest BCUT2D eigenvalue weighted by molar-refractivity contribution is 0.0985. The van der Waals surface area contributed by atoms with E-state index in [4.69, 9.17) is 9.84 Å². The molecule has 0 saturated carbocycles. The van der Waals surface area contributed by atoms with Crippen LogP contribution >= 0.6 is 0 Å². The largest absolute Gasteiger partial charge is 0.465 e.